The first-order chi connectivity index (χ1) is 9.63. The number of hydrogen-bond acceptors (Lipinski definition) is 6. The Kier molecular flexibility index (Phi) is 5.02. The van der Waals surface area contributed by atoms with Gasteiger partial charge in [0.2, 0.25) is 5.91 Å². The van der Waals surface area contributed by atoms with Crippen molar-refractivity contribution in [3.63, 3.8) is 0 Å². The topological polar surface area (TPSA) is 84.4 Å². The predicted octanol–water partition coefficient (Wildman–Crippen LogP) is 0.0776. The fourth-order valence-electron chi connectivity index (χ4n) is 1.99. The number of ether oxygens (including phenoxy) is 1. The minimum atomic E-state index is -0.563. The lowest BCUT2D eigenvalue weighted by Crippen LogP contribution is -2.50. The van der Waals surface area contributed by atoms with Crippen molar-refractivity contribution in [3.8, 4) is 0 Å². The van der Waals surface area contributed by atoms with Crippen LogP contribution in [0, 0.1) is 0 Å². The molecule has 1 aromatic rings. The van der Waals surface area contributed by atoms with Crippen molar-refractivity contribution >= 4 is 23.3 Å². The van der Waals surface area contributed by atoms with E-state index in [1.54, 1.807) is 11.8 Å². The number of nitrogens with zero attached hydrogens (tertiary/aromatic N) is 3. The Morgan fingerprint density at radius 1 is 1.45 bits per heavy atom. The molecular weight excluding hydrogens is 280 g/mol. The third-order valence-corrected chi connectivity index (χ3v) is 3.90. The van der Waals surface area contributed by atoms with Crippen LogP contribution in [0.5, 0.6) is 0 Å². The number of amides is 2. The Bertz CT molecular complexity index is 485. The van der Waals surface area contributed by atoms with E-state index >= 15 is 0 Å². The Morgan fingerprint density at radius 2 is 2.15 bits per heavy atom. The molecule has 0 aromatic carbocycles. The van der Waals surface area contributed by atoms with Gasteiger partial charge < -0.3 is 15.0 Å². The van der Waals surface area contributed by atoms with Crippen molar-refractivity contribution in [2.24, 2.45) is 0 Å². The van der Waals surface area contributed by atoms with E-state index in [0.717, 1.165) is 11.5 Å². The summed E-state index contributed by atoms with van der Waals surface area (Å²) in [5.74, 6) is -0.372. The van der Waals surface area contributed by atoms with E-state index in [4.69, 9.17) is 4.74 Å². The second-order valence-electron chi connectivity index (χ2n) is 4.54. The summed E-state index contributed by atoms with van der Waals surface area (Å²) in [5.41, 5.74) is 0.665. The van der Waals surface area contributed by atoms with Crippen LogP contribution in [0.25, 0.3) is 0 Å². The van der Waals surface area contributed by atoms with Crippen molar-refractivity contribution in [2.45, 2.75) is 26.3 Å². The van der Waals surface area contributed by atoms with E-state index in [0.29, 0.717) is 43.3 Å². The molecule has 1 fully saturated rings. The van der Waals surface area contributed by atoms with Crippen molar-refractivity contribution in [3.05, 3.63) is 10.6 Å². The lowest BCUT2D eigenvalue weighted by Gasteiger charge is -2.29. The Balaban J connectivity index is 1.95. The molecule has 8 heteroatoms. The van der Waals surface area contributed by atoms with Gasteiger partial charge in [0.25, 0.3) is 5.91 Å². The number of hydrogen-bond donors (Lipinski definition) is 1. The number of aromatic nitrogens is 2. The first-order valence-corrected chi connectivity index (χ1v) is 7.39. The van der Waals surface area contributed by atoms with Gasteiger partial charge >= 0.3 is 0 Å². The van der Waals surface area contributed by atoms with Gasteiger partial charge in [-0.2, -0.15) is 0 Å². The van der Waals surface area contributed by atoms with Crippen LogP contribution in [0.15, 0.2) is 0 Å². The molecule has 1 aliphatic rings. The van der Waals surface area contributed by atoms with Gasteiger partial charge in [0, 0.05) is 13.1 Å². The van der Waals surface area contributed by atoms with E-state index in [1.165, 1.54) is 0 Å². The fourth-order valence-corrected chi connectivity index (χ4v) is 2.65. The average molecular weight is 298 g/mol. The number of morpholine rings is 1. The zero-order chi connectivity index (χ0) is 14.5. The van der Waals surface area contributed by atoms with Crippen LogP contribution in [-0.4, -0.2) is 58.6 Å². The molecule has 0 radical (unpaired) electrons. The molecule has 0 unspecified atom stereocenters. The Labute approximate surface area is 121 Å². The highest BCUT2D eigenvalue weighted by Crippen LogP contribution is 2.11. The summed E-state index contributed by atoms with van der Waals surface area (Å²) in [4.78, 5) is 26.5. The van der Waals surface area contributed by atoms with Crippen LogP contribution in [0.2, 0.25) is 0 Å². The highest BCUT2D eigenvalue weighted by atomic mass is 32.1. The molecule has 2 amide bonds. The van der Waals surface area contributed by atoms with Crippen molar-refractivity contribution in [1.82, 2.24) is 19.8 Å². The smallest absolute Gasteiger partial charge is 0.265 e. The minimum Gasteiger partial charge on any atom is -0.378 e. The summed E-state index contributed by atoms with van der Waals surface area (Å²) >= 11 is 1.05. The van der Waals surface area contributed by atoms with Gasteiger partial charge in [-0.3, -0.25) is 9.59 Å². The number of carbonyl (C=O) groups excluding carboxylic acids is 2. The van der Waals surface area contributed by atoms with Gasteiger partial charge in [-0.15, -0.1) is 5.10 Å². The van der Waals surface area contributed by atoms with E-state index in [1.807, 2.05) is 6.92 Å². The molecule has 1 saturated heterocycles. The summed E-state index contributed by atoms with van der Waals surface area (Å²) in [5, 5.41) is 6.61. The summed E-state index contributed by atoms with van der Waals surface area (Å²) in [6.45, 7) is 5.84. The molecule has 0 bridgehead atoms. The molecule has 1 aliphatic heterocycles. The first-order valence-electron chi connectivity index (χ1n) is 6.62. The van der Waals surface area contributed by atoms with Crippen LogP contribution < -0.4 is 5.32 Å². The van der Waals surface area contributed by atoms with Gasteiger partial charge in [-0.1, -0.05) is 11.4 Å². The van der Waals surface area contributed by atoms with Crippen LogP contribution in [0.4, 0.5) is 0 Å². The maximum Gasteiger partial charge on any atom is 0.265 e. The molecule has 20 heavy (non-hydrogen) atoms. The molecular formula is C12H18N4O3S. The molecule has 1 aromatic heterocycles. The number of rotatable bonds is 4. The molecule has 1 atom stereocenters. The third kappa shape index (κ3) is 3.31. The van der Waals surface area contributed by atoms with Gasteiger partial charge in [0.05, 0.1) is 18.9 Å². The lowest BCUT2D eigenvalue weighted by atomic mass is 10.2. The zero-order valence-corrected chi connectivity index (χ0v) is 12.4. The Hall–Kier alpha value is -1.54. The maximum atomic E-state index is 12.2. The molecule has 1 N–H and O–H groups in total. The molecule has 0 aliphatic carbocycles. The summed E-state index contributed by atoms with van der Waals surface area (Å²) in [7, 11) is 0. The SMILES string of the molecule is CCc1nnsc1C(=O)N[C@@H](C)C(=O)N1CCOCC1. The maximum absolute atomic E-state index is 12.2. The molecule has 7 nitrogen and oxygen atoms in total. The first kappa shape index (κ1) is 14.9. The van der Waals surface area contributed by atoms with Crippen molar-refractivity contribution in [1.29, 1.82) is 0 Å². The lowest BCUT2D eigenvalue weighted by molar-refractivity contribution is -0.136. The minimum absolute atomic E-state index is 0.0860. The van der Waals surface area contributed by atoms with Crippen LogP contribution in [0.1, 0.15) is 29.2 Å². The standard InChI is InChI=1S/C12H18N4O3S/c1-3-9-10(20-15-14-9)11(17)13-8(2)12(18)16-4-6-19-7-5-16/h8H,3-7H2,1-2H3,(H,13,17)/t8-/m0/s1. The summed E-state index contributed by atoms with van der Waals surface area (Å²) in [6, 6.07) is -0.563. The molecule has 2 heterocycles. The largest absolute Gasteiger partial charge is 0.378 e. The van der Waals surface area contributed by atoms with Crippen molar-refractivity contribution < 1.29 is 14.3 Å². The van der Waals surface area contributed by atoms with Crippen LogP contribution >= 0.6 is 11.5 Å². The van der Waals surface area contributed by atoms with E-state index in [-0.39, 0.29) is 11.8 Å². The highest BCUT2D eigenvalue weighted by molar-refractivity contribution is 7.08. The average Bonchev–Trinajstić information content (AvgIpc) is 2.95. The van der Waals surface area contributed by atoms with Gasteiger partial charge in [-0.25, -0.2) is 0 Å². The van der Waals surface area contributed by atoms with Gasteiger partial charge in [-0.05, 0) is 24.9 Å². The fraction of sp³-hybridized carbons (Fsp3) is 0.667. The normalized spacial score (nSPS) is 16.8. The summed E-state index contributed by atoms with van der Waals surface area (Å²) < 4.78 is 8.98. The van der Waals surface area contributed by atoms with Gasteiger partial charge in [0.15, 0.2) is 0 Å². The monoisotopic (exact) mass is 298 g/mol. The van der Waals surface area contributed by atoms with E-state index in [2.05, 4.69) is 14.9 Å². The number of carbonyl (C=O) groups is 2. The molecule has 110 valence electrons. The van der Waals surface area contributed by atoms with Crippen molar-refractivity contribution in [2.75, 3.05) is 26.3 Å². The second-order valence-corrected chi connectivity index (χ2v) is 5.29. The van der Waals surface area contributed by atoms with Crippen LogP contribution in [0.3, 0.4) is 0 Å². The second kappa shape index (κ2) is 6.76. The molecule has 0 saturated carbocycles. The zero-order valence-electron chi connectivity index (χ0n) is 11.6. The number of nitrogens with one attached hydrogen (secondary N) is 1. The third-order valence-electron chi connectivity index (χ3n) is 3.14. The Morgan fingerprint density at radius 3 is 2.80 bits per heavy atom. The summed E-state index contributed by atoms with van der Waals surface area (Å²) in [6.07, 6.45) is 0.644. The van der Waals surface area contributed by atoms with E-state index in [9.17, 15) is 9.59 Å². The van der Waals surface area contributed by atoms with Gasteiger partial charge in [0.1, 0.15) is 10.9 Å². The highest BCUT2D eigenvalue weighted by Gasteiger charge is 2.25. The molecule has 0 spiro atoms. The van der Waals surface area contributed by atoms with E-state index < -0.39 is 6.04 Å². The predicted molar refractivity (Wildman–Crippen MR) is 73.6 cm³/mol. The quantitative estimate of drug-likeness (QED) is 0.851. The number of aryl methyl sites for hydroxylation is 1. The van der Waals surface area contributed by atoms with Crippen LogP contribution in [-0.2, 0) is 16.0 Å². The molecule has 2 rings (SSSR count).